The summed E-state index contributed by atoms with van der Waals surface area (Å²) in [5, 5.41) is 8.54. The van der Waals surface area contributed by atoms with Gasteiger partial charge in [-0.25, -0.2) is 0 Å². The molecule has 0 aliphatic carbocycles. The van der Waals surface area contributed by atoms with Gasteiger partial charge in [0.1, 0.15) is 0 Å². The van der Waals surface area contributed by atoms with Gasteiger partial charge in [0.05, 0.1) is 18.0 Å². The molecule has 0 spiro atoms. The van der Waals surface area contributed by atoms with Crippen LogP contribution in [0, 0.1) is 0 Å². The highest BCUT2D eigenvalue weighted by Crippen LogP contribution is 2.37. The van der Waals surface area contributed by atoms with Crippen LogP contribution in [0.25, 0.3) is 0 Å². The van der Waals surface area contributed by atoms with Gasteiger partial charge in [0.2, 0.25) is 0 Å². The second-order valence-electron chi connectivity index (χ2n) is 3.97. The van der Waals surface area contributed by atoms with Crippen molar-refractivity contribution in [1.82, 2.24) is 0 Å². The lowest BCUT2D eigenvalue weighted by Crippen LogP contribution is -2.10. The molecule has 0 saturated carbocycles. The molecule has 0 amide bonds. The first-order valence-corrected chi connectivity index (χ1v) is 6.29. The van der Waals surface area contributed by atoms with E-state index < -0.39 is 5.97 Å². The Hall–Kier alpha value is -1.49. The Morgan fingerprint density at radius 3 is 2.88 bits per heavy atom. The van der Waals surface area contributed by atoms with Crippen molar-refractivity contribution in [3.05, 3.63) is 23.8 Å². The molecule has 0 unspecified atom stereocenters. The molecule has 1 aliphatic heterocycles. The van der Waals surface area contributed by atoms with Crippen LogP contribution in [0.15, 0.2) is 23.1 Å². The fraction of sp³-hybridized carbons (Fsp3) is 0.333. The fourth-order valence-electron chi connectivity index (χ4n) is 1.72. The summed E-state index contributed by atoms with van der Waals surface area (Å²) in [7, 11) is 2.00. The van der Waals surface area contributed by atoms with Crippen LogP contribution < -0.4 is 4.90 Å². The van der Waals surface area contributed by atoms with Gasteiger partial charge < -0.3 is 10.0 Å². The lowest BCUT2D eigenvalue weighted by Gasteiger charge is -2.10. The summed E-state index contributed by atoms with van der Waals surface area (Å²) in [4.78, 5) is 25.4. The minimum Gasteiger partial charge on any atom is -0.481 e. The Kier molecular flexibility index (Phi) is 3.38. The summed E-state index contributed by atoms with van der Waals surface area (Å²) < 4.78 is 0. The Bertz CT molecular complexity index is 473. The van der Waals surface area contributed by atoms with Crippen molar-refractivity contribution >= 4 is 29.2 Å². The van der Waals surface area contributed by atoms with Gasteiger partial charge in [-0.3, -0.25) is 9.59 Å². The number of aliphatic carboxylic acids is 1. The van der Waals surface area contributed by atoms with Crippen molar-refractivity contribution in [3.63, 3.8) is 0 Å². The summed E-state index contributed by atoms with van der Waals surface area (Å²) >= 11 is 1.69. The molecule has 0 saturated heterocycles. The average molecular weight is 251 g/mol. The maximum atomic E-state index is 11.7. The quantitative estimate of drug-likeness (QED) is 0.832. The fourth-order valence-corrected chi connectivity index (χ4v) is 2.77. The van der Waals surface area contributed by atoms with E-state index in [9.17, 15) is 9.59 Å². The molecule has 0 aromatic heterocycles. The van der Waals surface area contributed by atoms with E-state index in [4.69, 9.17) is 5.11 Å². The number of rotatable bonds is 4. The number of nitrogens with zero attached hydrogens (tertiary/aromatic N) is 1. The lowest BCUT2D eigenvalue weighted by molar-refractivity contribution is -0.136. The smallest absolute Gasteiger partial charge is 0.303 e. The molecule has 2 rings (SSSR count). The van der Waals surface area contributed by atoms with Gasteiger partial charge in [-0.1, -0.05) is 0 Å². The van der Waals surface area contributed by atoms with E-state index >= 15 is 0 Å². The number of thioether (sulfide) groups is 1. The molecule has 0 bridgehead atoms. The third-order valence-electron chi connectivity index (χ3n) is 2.67. The third-order valence-corrected chi connectivity index (χ3v) is 3.83. The van der Waals surface area contributed by atoms with Crippen LogP contribution in [0.5, 0.6) is 0 Å². The zero-order chi connectivity index (χ0) is 12.4. The van der Waals surface area contributed by atoms with Crippen molar-refractivity contribution in [2.45, 2.75) is 17.7 Å². The van der Waals surface area contributed by atoms with Crippen LogP contribution in [-0.2, 0) is 4.79 Å². The molecule has 1 aliphatic rings. The number of carboxylic acid groups (broad SMARTS) is 1. The lowest BCUT2D eigenvalue weighted by atomic mass is 10.1. The van der Waals surface area contributed by atoms with Gasteiger partial charge in [0, 0.05) is 23.9 Å². The molecule has 1 aromatic carbocycles. The van der Waals surface area contributed by atoms with Crippen LogP contribution in [0.2, 0.25) is 0 Å². The average Bonchev–Trinajstić information content (AvgIpc) is 2.67. The Balaban J connectivity index is 2.12. The highest BCUT2D eigenvalue weighted by atomic mass is 32.2. The number of benzene rings is 1. The Morgan fingerprint density at radius 1 is 1.41 bits per heavy atom. The summed E-state index contributed by atoms with van der Waals surface area (Å²) in [6, 6.07) is 5.54. The van der Waals surface area contributed by atoms with Crippen molar-refractivity contribution in [2.75, 3.05) is 17.8 Å². The number of Topliss-reactive ketones (excluding diaryl/α,β-unsaturated/α-hetero) is 1. The molecule has 1 heterocycles. The molecule has 0 radical (unpaired) electrons. The molecular formula is C12H13NO3S. The number of carbonyl (C=O) groups is 2. The van der Waals surface area contributed by atoms with Crippen molar-refractivity contribution in [2.24, 2.45) is 0 Å². The molecule has 1 N–H and O–H groups in total. The monoisotopic (exact) mass is 251 g/mol. The number of carboxylic acids is 1. The Labute approximate surface area is 104 Å². The highest BCUT2D eigenvalue weighted by molar-refractivity contribution is 7.99. The first kappa shape index (κ1) is 12.0. The van der Waals surface area contributed by atoms with Crippen LogP contribution >= 0.6 is 11.8 Å². The number of hydrogen-bond acceptors (Lipinski definition) is 4. The topological polar surface area (TPSA) is 57.6 Å². The normalized spacial score (nSPS) is 13.6. The van der Waals surface area contributed by atoms with E-state index in [0.29, 0.717) is 5.56 Å². The SMILES string of the molecule is CN1CSc2cc(C(=O)CCC(=O)O)ccc21. The predicted molar refractivity (Wildman–Crippen MR) is 66.8 cm³/mol. The molecular weight excluding hydrogens is 238 g/mol. The van der Waals surface area contributed by atoms with Gasteiger partial charge >= 0.3 is 5.97 Å². The summed E-state index contributed by atoms with van der Waals surface area (Å²) in [6.45, 7) is 0. The van der Waals surface area contributed by atoms with Crippen LogP contribution in [0.1, 0.15) is 23.2 Å². The molecule has 0 atom stereocenters. The minimum absolute atomic E-state index is 0.0641. The number of fused-ring (bicyclic) bond motifs is 1. The van der Waals surface area contributed by atoms with Crippen LogP contribution in [0.3, 0.4) is 0 Å². The summed E-state index contributed by atoms with van der Waals surface area (Å²) in [5.41, 5.74) is 1.73. The first-order chi connectivity index (χ1) is 8.08. The minimum atomic E-state index is -0.936. The molecule has 17 heavy (non-hydrogen) atoms. The zero-order valence-corrected chi connectivity index (χ0v) is 10.3. The first-order valence-electron chi connectivity index (χ1n) is 5.31. The van der Waals surface area contributed by atoms with E-state index in [2.05, 4.69) is 4.90 Å². The second kappa shape index (κ2) is 4.79. The van der Waals surface area contributed by atoms with Gasteiger partial charge in [0.25, 0.3) is 0 Å². The van der Waals surface area contributed by atoms with Crippen LogP contribution in [-0.4, -0.2) is 29.8 Å². The van der Waals surface area contributed by atoms with E-state index in [-0.39, 0.29) is 18.6 Å². The van der Waals surface area contributed by atoms with E-state index in [1.165, 1.54) is 0 Å². The largest absolute Gasteiger partial charge is 0.481 e. The Morgan fingerprint density at radius 2 is 2.18 bits per heavy atom. The van der Waals surface area contributed by atoms with Crippen molar-refractivity contribution in [1.29, 1.82) is 0 Å². The van der Waals surface area contributed by atoms with Gasteiger partial charge in [-0.15, -0.1) is 11.8 Å². The summed E-state index contributed by atoms with van der Waals surface area (Å²) in [5.74, 6) is -0.152. The number of carbonyl (C=O) groups excluding carboxylic acids is 1. The zero-order valence-electron chi connectivity index (χ0n) is 9.47. The van der Waals surface area contributed by atoms with Crippen molar-refractivity contribution < 1.29 is 14.7 Å². The molecule has 4 nitrogen and oxygen atoms in total. The maximum Gasteiger partial charge on any atom is 0.303 e. The molecule has 0 fully saturated rings. The number of anilines is 1. The number of ketones is 1. The van der Waals surface area contributed by atoms with E-state index in [1.54, 1.807) is 17.8 Å². The van der Waals surface area contributed by atoms with E-state index in [1.807, 2.05) is 19.2 Å². The predicted octanol–water partition coefficient (Wildman–Crippen LogP) is 2.23. The molecule has 5 heteroatoms. The highest BCUT2D eigenvalue weighted by Gasteiger charge is 2.18. The second-order valence-corrected chi connectivity index (χ2v) is 4.96. The summed E-state index contributed by atoms with van der Waals surface area (Å²) in [6.07, 6.45) is -0.0441. The molecule has 90 valence electrons. The maximum absolute atomic E-state index is 11.7. The van der Waals surface area contributed by atoms with E-state index in [0.717, 1.165) is 16.5 Å². The molecule has 1 aromatic rings. The van der Waals surface area contributed by atoms with Crippen molar-refractivity contribution in [3.8, 4) is 0 Å². The van der Waals surface area contributed by atoms with Crippen LogP contribution in [0.4, 0.5) is 5.69 Å². The van der Waals surface area contributed by atoms with Gasteiger partial charge in [0.15, 0.2) is 5.78 Å². The number of hydrogen-bond donors (Lipinski definition) is 1. The van der Waals surface area contributed by atoms with Gasteiger partial charge in [-0.05, 0) is 18.2 Å². The van der Waals surface area contributed by atoms with Gasteiger partial charge in [-0.2, -0.15) is 0 Å². The standard InChI is InChI=1S/C12H13NO3S/c1-13-7-17-11-6-8(2-3-9(11)13)10(14)4-5-12(15)16/h2-3,6H,4-5,7H2,1H3,(H,15,16). The third kappa shape index (κ3) is 2.61.